The number of nitrogens with zero attached hydrogens (tertiary/aromatic N) is 2. The van der Waals surface area contributed by atoms with Crippen molar-refractivity contribution in [2.75, 3.05) is 59.5 Å². The number of piperidine rings is 1. The standard InChI is InChI=1S/C16H31N3O.2ClH/c1-18-9-3-10-19(12-15-4-2-11-20-13-15)14-16(18)5-7-17-8-6-16;;/h15,17H,2-14H2,1H3;2*1H. The predicted octanol–water partition coefficient (Wildman–Crippen LogP) is 2.02. The van der Waals surface area contributed by atoms with Crippen LogP contribution in [-0.4, -0.2) is 74.9 Å². The van der Waals surface area contributed by atoms with E-state index in [0.29, 0.717) is 5.54 Å². The van der Waals surface area contributed by atoms with Gasteiger partial charge in [-0.3, -0.25) is 4.90 Å². The molecule has 132 valence electrons. The van der Waals surface area contributed by atoms with Crippen molar-refractivity contribution in [1.29, 1.82) is 0 Å². The fraction of sp³-hybridized carbons (Fsp3) is 1.00. The largest absolute Gasteiger partial charge is 0.381 e. The Labute approximate surface area is 148 Å². The van der Waals surface area contributed by atoms with E-state index in [2.05, 4.69) is 22.2 Å². The van der Waals surface area contributed by atoms with Gasteiger partial charge in [-0.05, 0) is 71.2 Å². The normalized spacial score (nSPS) is 30.1. The van der Waals surface area contributed by atoms with E-state index in [-0.39, 0.29) is 24.8 Å². The van der Waals surface area contributed by atoms with Crippen LogP contribution < -0.4 is 5.32 Å². The van der Waals surface area contributed by atoms with Gasteiger partial charge in [0.25, 0.3) is 0 Å². The quantitative estimate of drug-likeness (QED) is 0.821. The topological polar surface area (TPSA) is 27.7 Å². The summed E-state index contributed by atoms with van der Waals surface area (Å²) < 4.78 is 5.67. The highest BCUT2D eigenvalue weighted by atomic mass is 35.5. The zero-order chi connectivity index (χ0) is 13.8. The first-order valence-corrected chi connectivity index (χ1v) is 8.51. The number of rotatable bonds is 2. The lowest BCUT2D eigenvalue weighted by Gasteiger charge is -2.46. The first-order chi connectivity index (χ1) is 9.78. The van der Waals surface area contributed by atoms with Gasteiger partial charge in [-0.2, -0.15) is 0 Å². The molecule has 1 atom stereocenters. The lowest BCUT2D eigenvalue weighted by molar-refractivity contribution is 0.0234. The van der Waals surface area contributed by atoms with Crippen LogP contribution in [0, 0.1) is 5.92 Å². The Morgan fingerprint density at radius 2 is 1.91 bits per heavy atom. The number of likely N-dealkylation sites (N-methyl/N-ethyl adjacent to an activating group) is 1. The van der Waals surface area contributed by atoms with Crippen LogP contribution >= 0.6 is 24.8 Å². The van der Waals surface area contributed by atoms with Gasteiger partial charge in [0.1, 0.15) is 0 Å². The summed E-state index contributed by atoms with van der Waals surface area (Å²) in [5.41, 5.74) is 0.428. The molecule has 6 heteroatoms. The van der Waals surface area contributed by atoms with Gasteiger partial charge in [-0.1, -0.05) is 0 Å². The fourth-order valence-electron chi connectivity index (χ4n) is 4.29. The van der Waals surface area contributed by atoms with Crippen molar-refractivity contribution >= 4 is 24.8 Å². The van der Waals surface area contributed by atoms with Gasteiger partial charge in [-0.15, -0.1) is 24.8 Å². The number of halogens is 2. The molecule has 1 spiro atoms. The van der Waals surface area contributed by atoms with E-state index in [4.69, 9.17) is 4.74 Å². The van der Waals surface area contributed by atoms with Gasteiger partial charge < -0.3 is 15.0 Å². The summed E-state index contributed by atoms with van der Waals surface area (Å²) in [6, 6.07) is 0. The molecule has 0 aliphatic carbocycles. The highest BCUT2D eigenvalue weighted by Gasteiger charge is 2.39. The molecule has 0 saturated carbocycles. The van der Waals surface area contributed by atoms with Gasteiger partial charge in [0.15, 0.2) is 0 Å². The Morgan fingerprint density at radius 1 is 1.14 bits per heavy atom. The molecule has 3 rings (SSSR count). The van der Waals surface area contributed by atoms with E-state index in [1.165, 1.54) is 71.4 Å². The van der Waals surface area contributed by atoms with E-state index in [0.717, 1.165) is 19.1 Å². The molecule has 1 unspecified atom stereocenters. The molecule has 0 aromatic carbocycles. The molecule has 3 aliphatic heterocycles. The third kappa shape index (κ3) is 4.96. The second-order valence-corrected chi connectivity index (χ2v) is 7.07. The van der Waals surface area contributed by atoms with Gasteiger partial charge in [0.2, 0.25) is 0 Å². The Balaban J connectivity index is 0.00000121. The maximum absolute atomic E-state index is 5.67. The monoisotopic (exact) mass is 353 g/mol. The zero-order valence-electron chi connectivity index (χ0n) is 13.9. The smallest absolute Gasteiger partial charge is 0.0506 e. The average Bonchev–Trinajstić information content (AvgIpc) is 2.62. The minimum absolute atomic E-state index is 0. The minimum atomic E-state index is 0. The first-order valence-electron chi connectivity index (χ1n) is 8.51. The van der Waals surface area contributed by atoms with E-state index in [1.54, 1.807) is 0 Å². The van der Waals surface area contributed by atoms with Gasteiger partial charge in [0, 0.05) is 25.2 Å². The molecule has 0 amide bonds. The second kappa shape index (κ2) is 9.65. The average molecular weight is 354 g/mol. The van der Waals surface area contributed by atoms with Gasteiger partial charge >= 0.3 is 0 Å². The van der Waals surface area contributed by atoms with Crippen LogP contribution in [0.15, 0.2) is 0 Å². The molecule has 22 heavy (non-hydrogen) atoms. The number of hydrogen-bond acceptors (Lipinski definition) is 4. The van der Waals surface area contributed by atoms with Gasteiger partial charge in [-0.25, -0.2) is 0 Å². The summed E-state index contributed by atoms with van der Waals surface area (Å²) in [7, 11) is 2.35. The van der Waals surface area contributed by atoms with Crippen LogP contribution in [0.25, 0.3) is 0 Å². The Bertz CT molecular complexity index is 308. The van der Waals surface area contributed by atoms with Crippen LogP contribution in [0.2, 0.25) is 0 Å². The number of hydrogen-bond donors (Lipinski definition) is 1. The van der Waals surface area contributed by atoms with Crippen LogP contribution in [-0.2, 0) is 4.74 Å². The summed E-state index contributed by atoms with van der Waals surface area (Å²) in [6.07, 6.45) is 6.55. The molecule has 0 radical (unpaired) electrons. The van der Waals surface area contributed by atoms with Crippen molar-refractivity contribution in [1.82, 2.24) is 15.1 Å². The molecular weight excluding hydrogens is 321 g/mol. The lowest BCUT2D eigenvalue weighted by Crippen LogP contribution is -2.57. The van der Waals surface area contributed by atoms with E-state index >= 15 is 0 Å². The molecule has 3 aliphatic rings. The maximum atomic E-state index is 5.67. The van der Waals surface area contributed by atoms with E-state index in [9.17, 15) is 0 Å². The Morgan fingerprint density at radius 3 is 2.59 bits per heavy atom. The minimum Gasteiger partial charge on any atom is -0.381 e. The molecule has 0 bridgehead atoms. The molecule has 0 aromatic rings. The van der Waals surface area contributed by atoms with Crippen LogP contribution in [0.1, 0.15) is 32.1 Å². The predicted molar refractivity (Wildman–Crippen MR) is 96.6 cm³/mol. The van der Waals surface area contributed by atoms with Crippen molar-refractivity contribution < 1.29 is 4.74 Å². The molecule has 4 nitrogen and oxygen atoms in total. The van der Waals surface area contributed by atoms with Crippen molar-refractivity contribution in [3.63, 3.8) is 0 Å². The summed E-state index contributed by atoms with van der Waals surface area (Å²) in [4.78, 5) is 5.40. The van der Waals surface area contributed by atoms with Crippen molar-refractivity contribution in [2.24, 2.45) is 5.92 Å². The van der Waals surface area contributed by atoms with E-state index in [1.807, 2.05) is 0 Å². The van der Waals surface area contributed by atoms with Crippen molar-refractivity contribution in [3.05, 3.63) is 0 Å². The highest BCUT2D eigenvalue weighted by Crippen LogP contribution is 2.29. The number of ether oxygens (including phenoxy) is 1. The lowest BCUT2D eigenvalue weighted by atomic mass is 9.86. The Kier molecular flexibility index (Phi) is 8.98. The summed E-state index contributed by atoms with van der Waals surface area (Å²) >= 11 is 0. The first kappa shape index (κ1) is 20.5. The maximum Gasteiger partial charge on any atom is 0.0506 e. The molecule has 3 saturated heterocycles. The van der Waals surface area contributed by atoms with E-state index < -0.39 is 0 Å². The fourth-order valence-corrected chi connectivity index (χ4v) is 4.29. The molecule has 3 fully saturated rings. The molecule has 3 heterocycles. The zero-order valence-corrected chi connectivity index (χ0v) is 15.5. The Hall–Kier alpha value is 0.420. The number of nitrogens with one attached hydrogen (secondary N) is 1. The van der Waals surface area contributed by atoms with Crippen LogP contribution in [0.3, 0.4) is 0 Å². The summed E-state index contributed by atoms with van der Waals surface area (Å²) in [5, 5.41) is 3.53. The highest BCUT2D eigenvalue weighted by molar-refractivity contribution is 5.85. The SMILES string of the molecule is CN1CCCN(CC2CCCOC2)CC12CCNCC2.Cl.Cl. The van der Waals surface area contributed by atoms with Crippen LogP contribution in [0.5, 0.6) is 0 Å². The molecule has 0 aromatic heterocycles. The third-order valence-electron chi connectivity index (χ3n) is 5.60. The summed E-state index contributed by atoms with van der Waals surface area (Å²) in [6.45, 7) is 9.39. The van der Waals surface area contributed by atoms with Crippen molar-refractivity contribution in [3.8, 4) is 0 Å². The van der Waals surface area contributed by atoms with Gasteiger partial charge in [0.05, 0.1) is 6.61 Å². The second-order valence-electron chi connectivity index (χ2n) is 7.07. The van der Waals surface area contributed by atoms with Crippen molar-refractivity contribution in [2.45, 2.75) is 37.6 Å². The molecular formula is C16H33Cl2N3O. The van der Waals surface area contributed by atoms with Crippen LogP contribution in [0.4, 0.5) is 0 Å². The third-order valence-corrected chi connectivity index (χ3v) is 5.60. The molecule has 1 N–H and O–H groups in total. The summed E-state index contributed by atoms with van der Waals surface area (Å²) in [5.74, 6) is 0.769.